The molecule has 0 saturated carbocycles. The van der Waals surface area contributed by atoms with E-state index in [0.717, 1.165) is 0 Å². The minimum atomic E-state index is -0.404. The van der Waals surface area contributed by atoms with Crippen LogP contribution in [0.2, 0.25) is 10.0 Å². The fraction of sp³-hybridized carbons (Fsp3) is 0.214. The summed E-state index contributed by atoms with van der Waals surface area (Å²) >= 11 is 11.9. The molecule has 1 heterocycles. The first-order chi connectivity index (χ1) is 10.4. The molecule has 0 atom stereocenters. The van der Waals surface area contributed by atoms with Crippen LogP contribution in [0.5, 0.6) is 0 Å². The van der Waals surface area contributed by atoms with Crippen molar-refractivity contribution in [2.24, 2.45) is 0 Å². The van der Waals surface area contributed by atoms with Crippen molar-refractivity contribution in [2.45, 2.75) is 6.92 Å². The van der Waals surface area contributed by atoms with Gasteiger partial charge in [-0.05, 0) is 19.1 Å². The van der Waals surface area contributed by atoms with E-state index >= 15 is 0 Å². The maximum atomic E-state index is 12.3. The Morgan fingerprint density at radius 2 is 2.09 bits per heavy atom. The zero-order valence-electron chi connectivity index (χ0n) is 11.9. The Hall–Kier alpha value is -2.05. The topological polar surface area (TPSA) is 75.4 Å². The Balaban J connectivity index is 2.02. The lowest BCUT2D eigenvalue weighted by atomic mass is 10.2. The van der Waals surface area contributed by atoms with E-state index in [4.69, 9.17) is 27.7 Å². The van der Waals surface area contributed by atoms with E-state index in [-0.39, 0.29) is 22.2 Å². The molecule has 0 saturated heterocycles. The first-order valence-corrected chi connectivity index (χ1v) is 7.06. The summed E-state index contributed by atoms with van der Waals surface area (Å²) in [5.74, 6) is 0.0656. The third kappa shape index (κ3) is 3.78. The Bertz CT molecular complexity index is 715. The maximum Gasteiger partial charge on any atom is 0.255 e. The van der Waals surface area contributed by atoms with Gasteiger partial charge in [-0.15, -0.1) is 0 Å². The van der Waals surface area contributed by atoms with Crippen molar-refractivity contribution in [1.29, 1.82) is 0 Å². The zero-order chi connectivity index (χ0) is 16.3. The zero-order valence-corrected chi connectivity index (χ0v) is 13.4. The summed E-state index contributed by atoms with van der Waals surface area (Å²) in [7, 11) is 1.49. The molecule has 1 aromatic carbocycles. The quantitative estimate of drug-likeness (QED) is 0.927. The summed E-state index contributed by atoms with van der Waals surface area (Å²) in [6.45, 7) is 1.55. The van der Waals surface area contributed by atoms with E-state index in [1.165, 1.54) is 11.9 Å². The number of nitrogens with zero attached hydrogens (tertiary/aromatic N) is 2. The summed E-state index contributed by atoms with van der Waals surface area (Å²) in [5, 5.41) is 6.61. The van der Waals surface area contributed by atoms with Crippen LogP contribution in [0.4, 0.5) is 5.82 Å². The summed E-state index contributed by atoms with van der Waals surface area (Å²) in [5.41, 5.74) is 0.238. The Morgan fingerprint density at radius 1 is 1.36 bits per heavy atom. The molecule has 0 fully saturated rings. The van der Waals surface area contributed by atoms with E-state index in [2.05, 4.69) is 10.5 Å². The van der Waals surface area contributed by atoms with Crippen LogP contribution < -0.4 is 5.32 Å². The van der Waals surface area contributed by atoms with Crippen LogP contribution in [0.1, 0.15) is 16.1 Å². The Morgan fingerprint density at radius 3 is 2.73 bits per heavy atom. The molecule has 2 aromatic rings. The predicted octanol–water partition coefficient (Wildman–Crippen LogP) is 3.00. The number of anilines is 1. The molecule has 8 heteroatoms. The van der Waals surface area contributed by atoms with Crippen molar-refractivity contribution in [3.05, 3.63) is 45.6 Å². The number of likely N-dealkylation sites (N-methyl/N-ethyl adjacent to an activating group) is 1. The fourth-order valence-electron chi connectivity index (χ4n) is 1.77. The number of amides is 2. The molecule has 0 unspecified atom stereocenters. The first-order valence-electron chi connectivity index (χ1n) is 6.31. The molecule has 2 rings (SSSR count). The van der Waals surface area contributed by atoms with Crippen LogP contribution in [0.15, 0.2) is 28.8 Å². The van der Waals surface area contributed by atoms with Gasteiger partial charge in [0, 0.05) is 13.1 Å². The van der Waals surface area contributed by atoms with Gasteiger partial charge in [0.05, 0.1) is 22.2 Å². The lowest BCUT2D eigenvalue weighted by Gasteiger charge is -2.17. The standard InChI is InChI=1S/C14H13Cl2N3O3/c1-8-6-11(18-22-8)17-12(20)7-19(2)14(21)9-4-3-5-10(15)13(9)16/h3-6H,7H2,1-2H3,(H,17,18,20). The summed E-state index contributed by atoms with van der Waals surface area (Å²) in [6.07, 6.45) is 0. The number of carbonyl (C=O) groups is 2. The third-order valence-electron chi connectivity index (χ3n) is 2.80. The molecule has 2 amide bonds. The van der Waals surface area contributed by atoms with Gasteiger partial charge < -0.3 is 14.7 Å². The number of halogens is 2. The maximum absolute atomic E-state index is 12.3. The molecule has 22 heavy (non-hydrogen) atoms. The second-order valence-electron chi connectivity index (χ2n) is 4.63. The van der Waals surface area contributed by atoms with Crippen molar-refractivity contribution < 1.29 is 14.1 Å². The molecule has 116 valence electrons. The number of aromatic nitrogens is 1. The smallest absolute Gasteiger partial charge is 0.255 e. The van der Waals surface area contributed by atoms with Gasteiger partial charge in [0.1, 0.15) is 5.76 Å². The van der Waals surface area contributed by atoms with E-state index in [1.54, 1.807) is 31.2 Å². The predicted molar refractivity (Wildman–Crippen MR) is 83.3 cm³/mol. The monoisotopic (exact) mass is 341 g/mol. The molecular weight excluding hydrogens is 329 g/mol. The number of nitrogens with one attached hydrogen (secondary N) is 1. The molecule has 0 aliphatic carbocycles. The largest absolute Gasteiger partial charge is 0.360 e. The van der Waals surface area contributed by atoms with Crippen LogP contribution in [-0.4, -0.2) is 35.5 Å². The second kappa shape index (κ2) is 6.81. The van der Waals surface area contributed by atoms with Crippen LogP contribution in [0.3, 0.4) is 0 Å². The van der Waals surface area contributed by atoms with Gasteiger partial charge >= 0.3 is 0 Å². The Labute approximate surface area is 137 Å². The van der Waals surface area contributed by atoms with Crippen LogP contribution >= 0.6 is 23.2 Å². The number of carbonyl (C=O) groups excluding carboxylic acids is 2. The van der Waals surface area contributed by atoms with Crippen LogP contribution in [0, 0.1) is 6.92 Å². The van der Waals surface area contributed by atoms with Crippen molar-refractivity contribution in [1.82, 2.24) is 10.1 Å². The normalized spacial score (nSPS) is 10.4. The van der Waals surface area contributed by atoms with Gasteiger partial charge in [0.25, 0.3) is 5.91 Å². The highest BCUT2D eigenvalue weighted by molar-refractivity contribution is 6.43. The molecule has 6 nitrogen and oxygen atoms in total. The van der Waals surface area contributed by atoms with Gasteiger partial charge in [0.15, 0.2) is 5.82 Å². The van der Waals surface area contributed by atoms with Gasteiger partial charge in [-0.3, -0.25) is 9.59 Å². The van der Waals surface area contributed by atoms with E-state index in [9.17, 15) is 9.59 Å². The average Bonchev–Trinajstić information content (AvgIpc) is 2.86. The van der Waals surface area contributed by atoms with Gasteiger partial charge in [-0.2, -0.15) is 0 Å². The van der Waals surface area contributed by atoms with Gasteiger partial charge in [0.2, 0.25) is 5.91 Å². The molecule has 1 aromatic heterocycles. The van der Waals surface area contributed by atoms with Crippen LogP contribution in [0.25, 0.3) is 0 Å². The number of benzene rings is 1. The van der Waals surface area contributed by atoms with E-state index < -0.39 is 11.8 Å². The fourth-order valence-corrected chi connectivity index (χ4v) is 2.15. The summed E-state index contributed by atoms with van der Waals surface area (Å²) in [6, 6.07) is 6.33. The number of rotatable bonds is 4. The average molecular weight is 342 g/mol. The Kier molecular flexibility index (Phi) is 5.05. The van der Waals surface area contributed by atoms with Crippen molar-refractivity contribution >= 4 is 40.8 Å². The lowest BCUT2D eigenvalue weighted by molar-refractivity contribution is -0.116. The molecule has 0 radical (unpaired) electrons. The third-order valence-corrected chi connectivity index (χ3v) is 3.62. The van der Waals surface area contributed by atoms with Crippen molar-refractivity contribution in [3.63, 3.8) is 0 Å². The number of hydrogen-bond acceptors (Lipinski definition) is 4. The lowest BCUT2D eigenvalue weighted by Crippen LogP contribution is -2.35. The van der Waals surface area contributed by atoms with E-state index in [0.29, 0.717) is 11.6 Å². The molecule has 0 aliphatic rings. The number of hydrogen-bond donors (Lipinski definition) is 1. The summed E-state index contributed by atoms with van der Waals surface area (Å²) in [4.78, 5) is 25.4. The molecule has 0 spiro atoms. The first kappa shape index (κ1) is 16.3. The minimum absolute atomic E-state index is 0.159. The SMILES string of the molecule is Cc1cc(NC(=O)CN(C)C(=O)c2cccc(Cl)c2Cl)no1. The molecular formula is C14H13Cl2N3O3. The van der Waals surface area contributed by atoms with Gasteiger partial charge in [-0.1, -0.05) is 34.4 Å². The van der Waals surface area contributed by atoms with Gasteiger partial charge in [-0.25, -0.2) is 0 Å². The highest BCUT2D eigenvalue weighted by Crippen LogP contribution is 2.26. The van der Waals surface area contributed by atoms with Crippen molar-refractivity contribution in [2.75, 3.05) is 18.9 Å². The van der Waals surface area contributed by atoms with Crippen LogP contribution in [-0.2, 0) is 4.79 Å². The molecule has 1 N–H and O–H groups in total. The van der Waals surface area contributed by atoms with Crippen molar-refractivity contribution in [3.8, 4) is 0 Å². The number of aryl methyl sites for hydroxylation is 1. The highest BCUT2D eigenvalue weighted by atomic mass is 35.5. The highest BCUT2D eigenvalue weighted by Gasteiger charge is 2.19. The molecule has 0 bridgehead atoms. The molecule has 0 aliphatic heterocycles. The van der Waals surface area contributed by atoms with E-state index in [1.807, 2.05) is 0 Å². The summed E-state index contributed by atoms with van der Waals surface area (Å²) < 4.78 is 4.84. The second-order valence-corrected chi connectivity index (χ2v) is 5.42. The minimum Gasteiger partial charge on any atom is -0.360 e.